The van der Waals surface area contributed by atoms with Crippen molar-refractivity contribution < 1.29 is 5.11 Å². The maximum atomic E-state index is 9.25. The van der Waals surface area contributed by atoms with Gasteiger partial charge in [0.1, 0.15) is 0 Å². The lowest BCUT2D eigenvalue weighted by molar-refractivity contribution is 0.202. The highest BCUT2D eigenvalue weighted by Crippen LogP contribution is 2.31. The first-order chi connectivity index (χ1) is 6.77. The van der Waals surface area contributed by atoms with Gasteiger partial charge in [-0.25, -0.2) is 0 Å². The number of hydrogen-bond donors (Lipinski definition) is 1. The smallest absolute Gasteiger partial charge is 0.242 e. The van der Waals surface area contributed by atoms with Crippen molar-refractivity contribution in [3.63, 3.8) is 0 Å². The van der Waals surface area contributed by atoms with Crippen LogP contribution in [0.3, 0.4) is 0 Å². The van der Waals surface area contributed by atoms with E-state index in [1.54, 1.807) is 0 Å². The number of benzene rings is 1. The molecule has 14 heavy (non-hydrogen) atoms. The van der Waals surface area contributed by atoms with E-state index in [0.29, 0.717) is 0 Å². The first-order valence-corrected chi connectivity index (χ1v) is 4.29. The molecule has 0 amide bonds. The Morgan fingerprint density at radius 3 is 2.57 bits per heavy atom. The van der Waals surface area contributed by atoms with Crippen molar-refractivity contribution in [2.75, 3.05) is 6.61 Å². The fourth-order valence-corrected chi connectivity index (χ4v) is 1.37. The van der Waals surface area contributed by atoms with E-state index in [1.807, 2.05) is 31.2 Å². The van der Waals surface area contributed by atoms with Gasteiger partial charge < -0.3 is 5.11 Å². The molecule has 0 saturated heterocycles. The van der Waals surface area contributed by atoms with Gasteiger partial charge in [-0.1, -0.05) is 29.8 Å². The summed E-state index contributed by atoms with van der Waals surface area (Å²) < 4.78 is 0. The Bertz CT molecular complexity index is 388. The fourth-order valence-electron chi connectivity index (χ4n) is 1.37. The zero-order valence-electron chi connectivity index (χ0n) is 7.75. The van der Waals surface area contributed by atoms with Crippen LogP contribution in [0.1, 0.15) is 11.1 Å². The standard InChI is InChI=1S/C9H10N4O/c1-7-3-2-4-8(5-7)9(6-14)10-12-13-11-9/h2-5,14H,6H2,1H3. The van der Waals surface area contributed by atoms with Gasteiger partial charge in [0.25, 0.3) is 0 Å². The molecule has 0 saturated carbocycles. The Morgan fingerprint density at radius 2 is 2.00 bits per heavy atom. The third-order valence-corrected chi connectivity index (χ3v) is 2.16. The van der Waals surface area contributed by atoms with Gasteiger partial charge >= 0.3 is 0 Å². The van der Waals surface area contributed by atoms with Crippen molar-refractivity contribution >= 4 is 0 Å². The third-order valence-electron chi connectivity index (χ3n) is 2.16. The molecular formula is C9H10N4O. The number of aliphatic hydroxyl groups excluding tert-OH is 1. The van der Waals surface area contributed by atoms with Crippen molar-refractivity contribution in [2.24, 2.45) is 20.7 Å². The van der Waals surface area contributed by atoms with Crippen LogP contribution in [0.2, 0.25) is 0 Å². The minimum Gasteiger partial charge on any atom is -0.391 e. The second-order valence-corrected chi connectivity index (χ2v) is 3.22. The first-order valence-electron chi connectivity index (χ1n) is 4.29. The molecule has 0 aliphatic carbocycles. The SMILES string of the molecule is Cc1cccc(C2(CO)N=NN=N2)c1. The second-order valence-electron chi connectivity index (χ2n) is 3.22. The quantitative estimate of drug-likeness (QED) is 0.760. The Morgan fingerprint density at radius 1 is 1.29 bits per heavy atom. The molecule has 1 N–H and O–H groups in total. The normalized spacial score (nSPS) is 17.6. The molecule has 1 aliphatic heterocycles. The molecule has 1 aromatic rings. The Hall–Kier alpha value is -1.62. The van der Waals surface area contributed by atoms with Gasteiger partial charge in [0.05, 0.1) is 6.61 Å². The topological polar surface area (TPSA) is 69.7 Å². The zero-order chi connectivity index (χ0) is 10.0. The van der Waals surface area contributed by atoms with Crippen molar-refractivity contribution in [3.8, 4) is 0 Å². The van der Waals surface area contributed by atoms with Gasteiger partial charge in [0.2, 0.25) is 5.66 Å². The van der Waals surface area contributed by atoms with Crippen LogP contribution in [0, 0.1) is 6.92 Å². The van der Waals surface area contributed by atoms with E-state index in [1.165, 1.54) is 0 Å². The summed E-state index contributed by atoms with van der Waals surface area (Å²) >= 11 is 0. The summed E-state index contributed by atoms with van der Waals surface area (Å²) in [7, 11) is 0. The summed E-state index contributed by atoms with van der Waals surface area (Å²) in [6, 6.07) is 7.63. The van der Waals surface area contributed by atoms with Crippen LogP contribution in [0.5, 0.6) is 0 Å². The highest BCUT2D eigenvalue weighted by atomic mass is 16.3. The zero-order valence-corrected chi connectivity index (χ0v) is 7.75. The molecule has 1 aliphatic rings. The maximum Gasteiger partial charge on any atom is 0.242 e. The number of hydrogen-bond acceptors (Lipinski definition) is 5. The van der Waals surface area contributed by atoms with Crippen LogP contribution in [0.15, 0.2) is 44.9 Å². The summed E-state index contributed by atoms with van der Waals surface area (Å²) in [6.07, 6.45) is 0. The Labute approximate surface area is 81.2 Å². The predicted molar refractivity (Wildman–Crippen MR) is 49.7 cm³/mol. The monoisotopic (exact) mass is 190 g/mol. The average Bonchev–Trinajstić information content (AvgIpc) is 2.67. The van der Waals surface area contributed by atoms with Crippen molar-refractivity contribution in [3.05, 3.63) is 35.4 Å². The molecule has 0 atom stereocenters. The Kier molecular flexibility index (Phi) is 2.09. The van der Waals surface area contributed by atoms with Crippen LogP contribution < -0.4 is 0 Å². The summed E-state index contributed by atoms with van der Waals surface area (Å²) in [5.41, 5.74) is 0.893. The molecule has 2 rings (SSSR count). The van der Waals surface area contributed by atoms with Crippen LogP contribution >= 0.6 is 0 Å². The highest BCUT2D eigenvalue weighted by Gasteiger charge is 2.34. The molecule has 0 radical (unpaired) electrons. The molecule has 1 aromatic carbocycles. The molecule has 0 fully saturated rings. The molecule has 0 aromatic heterocycles. The van der Waals surface area contributed by atoms with E-state index < -0.39 is 5.66 Å². The lowest BCUT2D eigenvalue weighted by atomic mass is 10.0. The molecule has 0 spiro atoms. The summed E-state index contributed by atoms with van der Waals surface area (Å²) in [6.45, 7) is 1.75. The van der Waals surface area contributed by atoms with Crippen LogP contribution in [0.4, 0.5) is 0 Å². The van der Waals surface area contributed by atoms with E-state index in [0.717, 1.165) is 11.1 Å². The van der Waals surface area contributed by atoms with E-state index in [9.17, 15) is 5.11 Å². The minimum absolute atomic E-state index is 0.219. The van der Waals surface area contributed by atoms with Gasteiger partial charge in [-0.15, -0.1) is 10.2 Å². The number of aryl methyl sites for hydroxylation is 1. The van der Waals surface area contributed by atoms with Crippen LogP contribution in [0.25, 0.3) is 0 Å². The van der Waals surface area contributed by atoms with Crippen LogP contribution in [-0.2, 0) is 5.66 Å². The minimum atomic E-state index is -1.01. The first kappa shape index (κ1) is 8.96. The molecule has 0 unspecified atom stereocenters. The predicted octanol–water partition coefficient (Wildman–Crippen LogP) is 1.97. The fraction of sp³-hybridized carbons (Fsp3) is 0.333. The summed E-state index contributed by atoms with van der Waals surface area (Å²) in [5.74, 6) is 0. The molecular weight excluding hydrogens is 180 g/mol. The Balaban J connectivity index is 2.47. The average molecular weight is 190 g/mol. The molecule has 72 valence electrons. The van der Waals surface area contributed by atoms with Crippen molar-refractivity contribution in [1.29, 1.82) is 0 Å². The maximum absolute atomic E-state index is 9.25. The lowest BCUT2D eigenvalue weighted by Gasteiger charge is -2.17. The van der Waals surface area contributed by atoms with Gasteiger partial charge in [0.15, 0.2) is 0 Å². The molecule has 5 nitrogen and oxygen atoms in total. The van der Waals surface area contributed by atoms with E-state index in [-0.39, 0.29) is 6.61 Å². The van der Waals surface area contributed by atoms with Crippen LogP contribution in [-0.4, -0.2) is 11.7 Å². The van der Waals surface area contributed by atoms with E-state index in [4.69, 9.17) is 0 Å². The lowest BCUT2D eigenvalue weighted by Crippen LogP contribution is -2.23. The summed E-state index contributed by atoms with van der Waals surface area (Å²) in [5, 5.41) is 23.8. The number of rotatable bonds is 2. The van der Waals surface area contributed by atoms with E-state index in [2.05, 4.69) is 20.7 Å². The van der Waals surface area contributed by atoms with Gasteiger partial charge in [-0.3, -0.25) is 0 Å². The summed E-state index contributed by atoms with van der Waals surface area (Å²) in [4.78, 5) is 0. The third kappa shape index (κ3) is 1.31. The number of aliphatic hydroxyl groups is 1. The molecule has 0 bridgehead atoms. The molecule has 1 heterocycles. The van der Waals surface area contributed by atoms with Gasteiger partial charge in [-0.2, -0.15) is 0 Å². The van der Waals surface area contributed by atoms with Crippen molar-refractivity contribution in [1.82, 2.24) is 0 Å². The largest absolute Gasteiger partial charge is 0.391 e. The van der Waals surface area contributed by atoms with Crippen molar-refractivity contribution in [2.45, 2.75) is 12.6 Å². The van der Waals surface area contributed by atoms with Gasteiger partial charge in [0, 0.05) is 5.56 Å². The molecule has 5 heteroatoms. The van der Waals surface area contributed by atoms with Gasteiger partial charge in [-0.05, 0) is 17.4 Å². The second kappa shape index (κ2) is 3.26. The number of nitrogens with zero attached hydrogens (tertiary/aromatic N) is 4. The highest BCUT2D eigenvalue weighted by molar-refractivity contribution is 5.29. The van der Waals surface area contributed by atoms with E-state index >= 15 is 0 Å².